The maximum atomic E-state index is 5.98. The van der Waals surface area contributed by atoms with Crippen LogP contribution in [0.25, 0.3) is 16.8 Å². The van der Waals surface area contributed by atoms with Crippen LogP contribution < -0.4 is 4.74 Å². The zero-order valence-electron chi connectivity index (χ0n) is 14.5. The normalized spacial score (nSPS) is 11.0. The van der Waals surface area contributed by atoms with Gasteiger partial charge in [0.05, 0.1) is 17.9 Å². The van der Waals surface area contributed by atoms with E-state index in [2.05, 4.69) is 36.2 Å². The van der Waals surface area contributed by atoms with E-state index in [1.807, 2.05) is 53.3 Å². The second-order valence-electron chi connectivity index (χ2n) is 6.14. The van der Waals surface area contributed by atoms with Crippen LogP contribution in [-0.4, -0.2) is 41.9 Å². The highest BCUT2D eigenvalue weighted by Crippen LogP contribution is 2.30. The summed E-state index contributed by atoms with van der Waals surface area (Å²) in [6, 6.07) is 17.8. The van der Waals surface area contributed by atoms with Crippen LogP contribution in [0.4, 0.5) is 0 Å². The molecule has 3 rings (SSSR count). The van der Waals surface area contributed by atoms with E-state index in [0.29, 0.717) is 17.5 Å². The van der Waals surface area contributed by atoms with E-state index in [9.17, 15) is 0 Å². The van der Waals surface area contributed by atoms with Crippen molar-refractivity contribution in [2.24, 2.45) is 0 Å². The molecule has 5 heteroatoms. The molecule has 1 aromatic heterocycles. The molecule has 2 aromatic carbocycles. The molecule has 0 unspecified atom stereocenters. The zero-order chi connectivity index (χ0) is 17.6. The van der Waals surface area contributed by atoms with Crippen LogP contribution in [0.15, 0.2) is 60.8 Å². The van der Waals surface area contributed by atoms with Crippen molar-refractivity contribution in [1.82, 2.24) is 14.7 Å². The minimum Gasteiger partial charge on any atom is -0.476 e. The first-order chi connectivity index (χ1) is 12.1. The Balaban J connectivity index is 1.87. The van der Waals surface area contributed by atoms with Crippen molar-refractivity contribution in [2.45, 2.75) is 6.42 Å². The van der Waals surface area contributed by atoms with Crippen molar-refractivity contribution >= 4 is 11.6 Å². The monoisotopic (exact) mass is 355 g/mol. The maximum absolute atomic E-state index is 5.98. The molecule has 0 aliphatic heterocycles. The molecule has 4 nitrogen and oxygen atoms in total. The quantitative estimate of drug-likeness (QED) is 0.583. The number of benzene rings is 2. The highest BCUT2D eigenvalue weighted by molar-refractivity contribution is 6.30. The topological polar surface area (TPSA) is 30.3 Å². The Kier molecular flexibility index (Phi) is 5.74. The van der Waals surface area contributed by atoms with Gasteiger partial charge in [0.15, 0.2) is 0 Å². The largest absolute Gasteiger partial charge is 0.476 e. The molecule has 0 bridgehead atoms. The fourth-order valence-electron chi connectivity index (χ4n) is 2.56. The number of hydrogen-bond acceptors (Lipinski definition) is 3. The number of ether oxygens (including phenoxy) is 1. The molecule has 0 atom stereocenters. The SMILES string of the molecule is CN(C)CCCOc1nn(-c2ccc(Cl)cc2)cc1-c1ccccc1. The number of halogens is 1. The highest BCUT2D eigenvalue weighted by atomic mass is 35.5. The van der Waals surface area contributed by atoms with Gasteiger partial charge in [0.25, 0.3) is 0 Å². The van der Waals surface area contributed by atoms with Gasteiger partial charge in [-0.05, 0) is 50.3 Å². The molecule has 0 N–H and O–H groups in total. The molecule has 0 amide bonds. The van der Waals surface area contributed by atoms with E-state index in [-0.39, 0.29) is 0 Å². The van der Waals surface area contributed by atoms with Crippen LogP contribution in [-0.2, 0) is 0 Å². The molecule has 3 aromatic rings. The van der Waals surface area contributed by atoms with Gasteiger partial charge < -0.3 is 9.64 Å². The lowest BCUT2D eigenvalue weighted by Crippen LogP contribution is -2.15. The summed E-state index contributed by atoms with van der Waals surface area (Å²) in [6.07, 6.45) is 2.95. The van der Waals surface area contributed by atoms with Crippen molar-refractivity contribution in [3.8, 4) is 22.7 Å². The third kappa shape index (κ3) is 4.62. The van der Waals surface area contributed by atoms with Crippen LogP contribution in [0.3, 0.4) is 0 Å². The summed E-state index contributed by atoms with van der Waals surface area (Å²) in [4.78, 5) is 2.15. The van der Waals surface area contributed by atoms with E-state index < -0.39 is 0 Å². The third-order valence-electron chi connectivity index (χ3n) is 3.84. The Morgan fingerprint density at radius 3 is 2.44 bits per heavy atom. The van der Waals surface area contributed by atoms with Crippen molar-refractivity contribution in [1.29, 1.82) is 0 Å². The number of aromatic nitrogens is 2. The summed E-state index contributed by atoms with van der Waals surface area (Å²) in [5.74, 6) is 0.653. The smallest absolute Gasteiger partial charge is 0.241 e. The molecule has 0 saturated carbocycles. The first-order valence-corrected chi connectivity index (χ1v) is 8.70. The van der Waals surface area contributed by atoms with Gasteiger partial charge in [-0.25, -0.2) is 4.68 Å². The highest BCUT2D eigenvalue weighted by Gasteiger charge is 2.13. The van der Waals surface area contributed by atoms with Crippen LogP contribution in [0, 0.1) is 0 Å². The molecule has 0 radical (unpaired) electrons. The molecule has 25 heavy (non-hydrogen) atoms. The van der Waals surface area contributed by atoms with Crippen molar-refractivity contribution in [3.05, 3.63) is 65.8 Å². The molecule has 0 fully saturated rings. The standard InChI is InChI=1S/C20H22ClN3O/c1-23(2)13-6-14-25-20-19(16-7-4-3-5-8-16)15-24(22-20)18-11-9-17(21)10-12-18/h3-5,7-12,15H,6,13-14H2,1-2H3. The van der Waals surface area contributed by atoms with Crippen LogP contribution in [0.2, 0.25) is 5.02 Å². The van der Waals surface area contributed by atoms with Gasteiger partial charge in [-0.15, -0.1) is 5.10 Å². The van der Waals surface area contributed by atoms with E-state index >= 15 is 0 Å². The fraction of sp³-hybridized carbons (Fsp3) is 0.250. The molecule has 0 aliphatic carbocycles. The Labute approximate surface area is 153 Å². The Bertz CT molecular complexity index is 798. The molecule has 1 heterocycles. The molecule has 0 saturated heterocycles. The molecular formula is C20H22ClN3O. The minimum absolute atomic E-state index is 0.635. The predicted octanol–water partition coefficient (Wildman–Crippen LogP) is 4.52. The first-order valence-electron chi connectivity index (χ1n) is 8.32. The Hall–Kier alpha value is -2.30. The lowest BCUT2D eigenvalue weighted by Gasteiger charge is -2.10. The summed E-state index contributed by atoms with van der Waals surface area (Å²) in [5, 5.41) is 5.35. The summed E-state index contributed by atoms with van der Waals surface area (Å²) in [5.41, 5.74) is 3.02. The van der Waals surface area contributed by atoms with Crippen molar-refractivity contribution < 1.29 is 4.74 Å². The summed E-state index contributed by atoms with van der Waals surface area (Å²) >= 11 is 5.98. The van der Waals surface area contributed by atoms with Gasteiger partial charge in [-0.3, -0.25) is 0 Å². The lowest BCUT2D eigenvalue weighted by atomic mass is 10.1. The average Bonchev–Trinajstić information content (AvgIpc) is 3.04. The van der Waals surface area contributed by atoms with E-state index in [0.717, 1.165) is 29.8 Å². The number of rotatable bonds is 7. The molecule has 0 aliphatic rings. The third-order valence-corrected chi connectivity index (χ3v) is 4.10. The van der Waals surface area contributed by atoms with E-state index in [4.69, 9.17) is 16.3 Å². The molecular weight excluding hydrogens is 334 g/mol. The zero-order valence-corrected chi connectivity index (χ0v) is 15.3. The summed E-state index contributed by atoms with van der Waals surface area (Å²) in [7, 11) is 4.12. The summed E-state index contributed by atoms with van der Waals surface area (Å²) in [6.45, 7) is 1.62. The average molecular weight is 356 g/mol. The van der Waals surface area contributed by atoms with Crippen LogP contribution >= 0.6 is 11.6 Å². The van der Waals surface area contributed by atoms with Gasteiger partial charge in [-0.2, -0.15) is 0 Å². The number of hydrogen-bond donors (Lipinski definition) is 0. The van der Waals surface area contributed by atoms with Crippen LogP contribution in [0.1, 0.15) is 6.42 Å². The van der Waals surface area contributed by atoms with Crippen LogP contribution in [0.5, 0.6) is 5.88 Å². The van der Waals surface area contributed by atoms with Gasteiger partial charge in [-0.1, -0.05) is 41.9 Å². The Morgan fingerprint density at radius 1 is 1.04 bits per heavy atom. The van der Waals surface area contributed by atoms with Crippen molar-refractivity contribution in [3.63, 3.8) is 0 Å². The van der Waals surface area contributed by atoms with Gasteiger partial charge in [0.1, 0.15) is 0 Å². The van der Waals surface area contributed by atoms with Gasteiger partial charge in [0.2, 0.25) is 5.88 Å². The second-order valence-corrected chi connectivity index (χ2v) is 6.58. The van der Waals surface area contributed by atoms with E-state index in [1.54, 1.807) is 0 Å². The van der Waals surface area contributed by atoms with Gasteiger partial charge in [0, 0.05) is 17.8 Å². The molecule has 0 spiro atoms. The Morgan fingerprint density at radius 2 is 1.76 bits per heavy atom. The maximum Gasteiger partial charge on any atom is 0.241 e. The fourth-order valence-corrected chi connectivity index (χ4v) is 2.68. The number of nitrogens with zero attached hydrogens (tertiary/aromatic N) is 3. The van der Waals surface area contributed by atoms with Crippen molar-refractivity contribution in [2.75, 3.05) is 27.2 Å². The minimum atomic E-state index is 0.635. The predicted molar refractivity (Wildman–Crippen MR) is 103 cm³/mol. The first kappa shape index (κ1) is 17.5. The second kappa shape index (κ2) is 8.19. The molecule has 130 valence electrons. The van der Waals surface area contributed by atoms with E-state index in [1.165, 1.54) is 0 Å². The lowest BCUT2D eigenvalue weighted by molar-refractivity contribution is 0.273. The summed E-state index contributed by atoms with van der Waals surface area (Å²) < 4.78 is 7.82. The van der Waals surface area contributed by atoms with Gasteiger partial charge >= 0.3 is 0 Å².